The monoisotopic (exact) mass is 386 g/mol. The minimum Gasteiger partial charge on any atom is -0.466 e. The molecular formula is C26H42O2. The van der Waals surface area contributed by atoms with Gasteiger partial charge in [0.05, 0.1) is 7.11 Å². The third-order valence-corrected chi connectivity index (χ3v) is 9.25. The lowest BCUT2D eigenvalue weighted by molar-refractivity contribution is -0.145. The molecule has 0 saturated heterocycles. The maximum atomic E-state index is 11.6. The first kappa shape index (κ1) is 21.7. The largest absolute Gasteiger partial charge is 0.466 e. The van der Waals surface area contributed by atoms with Crippen LogP contribution in [0.3, 0.4) is 0 Å². The second kappa shape index (κ2) is 7.65. The van der Waals surface area contributed by atoms with Gasteiger partial charge in [-0.25, -0.2) is 4.79 Å². The Hall–Kier alpha value is -1.05. The van der Waals surface area contributed by atoms with E-state index in [1.165, 1.54) is 45.6 Å². The van der Waals surface area contributed by atoms with E-state index in [9.17, 15) is 4.79 Å². The second-order valence-electron chi connectivity index (χ2n) is 11.3. The summed E-state index contributed by atoms with van der Waals surface area (Å²) in [7, 11) is 1.45. The molecule has 0 spiro atoms. The Labute approximate surface area is 173 Å². The highest BCUT2D eigenvalue weighted by atomic mass is 16.5. The van der Waals surface area contributed by atoms with Crippen LogP contribution in [0, 0.1) is 34.0 Å². The van der Waals surface area contributed by atoms with E-state index in [0.717, 1.165) is 30.3 Å². The van der Waals surface area contributed by atoms with Crippen molar-refractivity contribution in [2.24, 2.45) is 34.0 Å². The number of carbonyl (C=O) groups is 1. The molecule has 2 heteroatoms. The van der Waals surface area contributed by atoms with E-state index in [1.54, 1.807) is 11.6 Å². The van der Waals surface area contributed by atoms with Crippen LogP contribution in [0.15, 0.2) is 23.3 Å². The number of fused-ring (bicyclic) bond motifs is 3. The molecule has 0 amide bonds. The smallest absolute Gasteiger partial charge is 0.330 e. The van der Waals surface area contributed by atoms with Crippen molar-refractivity contribution in [3.05, 3.63) is 23.3 Å². The Bertz CT molecular complexity index is 670. The molecule has 158 valence electrons. The number of hydrogen-bond acceptors (Lipinski definition) is 2. The van der Waals surface area contributed by atoms with Crippen molar-refractivity contribution in [3.63, 3.8) is 0 Å². The Kier molecular flexibility index (Phi) is 5.92. The summed E-state index contributed by atoms with van der Waals surface area (Å²) in [5, 5.41) is 0. The Morgan fingerprint density at radius 3 is 2.54 bits per heavy atom. The average Bonchev–Trinajstić information content (AvgIpc) is 2.59. The number of ether oxygens (including phenoxy) is 1. The molecule has 28 heavy (non-hydrogen) atoms. The standard InChI is InChI=1S/C26H42O2/c1-18(17-23(27)28-7)9-11-20-19(2)10-12-22-25(20,5)16-13-21-24(3,4)14-8-15-26(21,22)6/h10,17,20-22H,8-9,11-16H2,1-7H3/b18-17+/t20-,21?,22+,25+,26+/m1/s1. The van der Waals surface area contributed by atoms with Crippen molar-refractivity contribution in [2.45, 2.75) is 92.9 Å². The summed E-state index contributed by atoms with van der Waals surface area (Å²) in [4.78, 5) is 11.6. The van der Waals surface area contributed by atoms with Crippen LogP contribution in [0.5, 0.6) is 0 Å². The van der Waals surface area contributed by atoms with Crippen molar-refractivity contribution in [3.8, 4) is 0 Å². The van der Waals surface area contributed by atoms with Crippen LogP contribution < -0.4 is 0 Å². The number of rotatable bonds is 4. The normalized spacial score (nSPS) is 40.2. The van der Waals surface area contributed by atoms with Crippen molar-refractivity contribution in [2.75, 3.05) is 7.11 Å². The average molecular weight is 387 g/mol. The molecule has 2 nitrogen and oxygen atoms in total. The summed E-state index contributed by atoms with van der Waals surface area (Å²) in [5.41, 5.74) is 4.08. The van der Waals surface area contributed by atoms with Gasteiger partial charge in [-0.2, -0.15) is 0 Å². The minimum atomic E-state index is -0.227. The topological polar surface area (TPSA) is 26.3 Å². The number of allylic oxidation sites excluding steroid dienone is 3. The van der Waals surface area contributed by atoms with Gasteiger partial charge in [0.1, 0.15) is 0 Å². The highest BCUT2D eigenvalue weighted by Gasteiger charge is 2.60. The highest BCUT2D eigenvalue weighted by molar-refractivity contribution is 5.82. The molecule has 3 aliphatic carbocycles. The molecule has 2 saturated carbocycles. The lowest BCUT2D eigenvalue weighted by Gasteiger charge is -2.65. The fourth-order valence-corrected chi connectivity index (χ4v) is 7.87. The van der Waals surface area contributed by atoms with Gasteiger partial charge in [0.25, 0.3) is 0 Å². The number of esters is 1. The molecule has 5 atom stereocenters. The predicted molar refractivity (Wildman–Crippen MR) is 117 cm³/mol. The first-order valence-electron chi connectivity index (χ1n) is 11.5. The molecular weight excluding hydrogens is 344 g/mol. The zero-order chi connectivity index (χ0) is 20.7. The van der Waals surface area contributed by atoms with E-state index in [2.05, 4.69) is 47.6 Å². The van der Waals surface area contributed by atoms with E-state index in [-0.39, 0.29) is 5.97 Å². The van der Waals surface area contributed by atoms with Crippen molar-refractivity contribution >= 4 is 5.97 Å². The van der Waals surface area contributed by atoms with Gasteiger partial charge in [-0.1, -0.05) is 51.3 Å². The van der Waals surface area contributed by atoms with Gasteiger partial charge in [-0.3, -0.25) is 0 Å². The molecule has 0 heterocycles. The molecule has 0 aromatic carbocycles. The Morgan fingerprint density at radius 2 is 1.86 bits per heavy atom. The fraction of sp³-hybridized carbons (Fsp3) is 0.808. The van der Waals surface area contributed by atoms with Gasteiger partial charge < -0.3 is 4.74 Å². The summed E-state index contributed by atoms with van der Waals surface area (Å²) in [6.07, 6.45) is 14.6. The molecule has 0 aliphatic heterocycles. The van der Waals surface area contributed by atoms with Gasteiger partial charge >= 0.3 is 5.97 Å². The molecule has 3 aliphatic rings. The Balaban J connectivity index is 1.85. The number of carbonyl (C=O) groups excluding carboxylic acids is 1. The lowest BCUT2D eigenvalue weighted by Crippen LogP contribution is -2.57. The molecule has 0 aromatic rings. The number of hydrogen-bond donors (Lipinski definition) is 0. The molecule has 0 radical (unpaired) electrons. The van der Waals surface area contributed by atoms with Crippen LogP contribution in [-0.2, 0) is 9.53 Å². The van der Waals surface area contributed by atoms with Crippen molar-refractivity contribution in [1.29, 1.82) is 0 Å². The summed E-state index contributed by atoms with van der Waals surface area (Å²) in [5.74, 6) is 2.06. The van der Waals surface area contributed by atoms with E-state index in [1.807, 2.05) is 0 Å². The van der Waals surface area contributed by atoms with Crippen LogP contribution in [0.25, 0.3) is 0 Å². The van der Waals surface area contributed by atoms with E-state index >= 15 is 0 Å². The van der Waals surface area contributed by atoms with E-state index in [4.69, 9.17) is 4.74 Å². The summed E-state index contributed by atoms with van der Waals surface area (Å²) >= 11 is 0. The molecule has 2 fully saturated rings. The third kappa shape index (κ3) is 3.61. The van der Waals surface area contributed by atoms with Gasteiger partial charge in [0.2, 0.25) is 0 Å². The van der Waals surface area contributed by atoms with Crippen molar-refractivity contribution < 1.29 is 9.53 Å². The zero-order valence-electron chi connectivity index (χ0n) is 19.4. The van der Waals surface area contributed by atoms with Gasteiger partial charge in [-0.05, 0) is 92.8 Å². The highest BCUT2D eigenvalue weighted by Crippen LogP contribution is 2.68. The summed E-state index contributed by atoms with van der Waals surface area (Å²) in [6.45, 7) is 14.7. The lowest BCUT2D eigenvalue weighted by atomic mass is 9.39. The quantitative estimate of drug-likeness (QED) is 0.292. The minimum absolute atomic E-state index is 0.227. The Morgan fingerprint density at radius 1 is 1.14 bits per heavy atom. The second-order valence-corrected chi connectivity index (χ2v) is 11.3. The molecule has 3 rings (SSSR count). The van der Waals surface area contributed by atoms with Crippen LogP contribution in [-0.4, -0.2) is 13.1 Å². The van der Waals surface area contributed by atoms with Crippen LogP contribution in [0.2, 0.25) is 0 Å². The first-order chi connectivity index (χ1) is 13.0. The molecule has 0 N–H and O–H groups in total. The number of methoxy groups -OCH3 is 1. The van der Waals surface area contributed by atoms with E-state index < -0.39 is 0 Å². The maximum Gasteiger partial charge on any atom is 0.330 e. The summed E-state index contributed by atoms with van der Waals surface area (Å²) in [6, 6.07) is 0. The third-order valence-electron chi connectivity index (χ3n) is 9.25. The fourth-order valence-electron chi connectivity index (χ4n) is 7.87. The molecule has 0 aromatic heterocycles. The van der Waals surface area contributed by atoms with E-state index in [0.29, 0.717) is 22.2 Å². The van der Waals surface area contributed by atoms with Crippen LogP contribution in [0.1, 0.15) is 92.9 Å². The van der Waals surface area contributed by atoms with Crippen LogP contribution >= 0.6 is 0 Å². The SMILES string of the molecule is COC(=O)/C=C(\C)CC[C@@H]1C(C)=CC[C@H]2[C@@]1(C)CCC1C(C)(C)CCC[C@@]12C. The maximum absolute atomic E-state index is 11.6. The van der Waals surface area contributed by atoms with Gasteiger partial charge in [0.15, 0.2) is 0 Å². The summed E-state index contributed by atoms with van der Waals surface area (Å²) < 4.78 is 4.80. The van der Waals surface area contributed by atoms with Crippen LogP contribution in [0.4, 0.5) is 0 Å². The molecule has 0 bridgehead atoms. The predicted octanol–water partition coefficient (Wildman–Crippen LogP) is 7.10. The first-order valence-corrected chi connectivity index (χ1v) is 11.5. The van der Waals surface area contributed by atoms with Crippen molar-refractivity contribution in [1.82, 2.24) is 0 Å². The van der Waals surface area contributed by atoms with Gasteiger partial charge in [0, 0.05) is 6.08 Å². The zero-order valence-corrected chi connectivity index (χ0v) is 19.4. The molecule has 1 unspecified atom stereocenters. The van der Waals surface area contributed by atoms with Gasteiger partial charge in [-0.15, -0.1) is 0 Å².